The summed E-state index contributed by atoms with van der Waals surface area (Å²) in [7, 11) is 0. The van der Waals surface area contributed by atoms with Crippen molar-refractivity contribution in [1.29, 1.82) is 0 Å². The number of halogens is 1. The number of nitrogens with zero attached hydrogens (tertiary/aromatic N) is 1. The van der Waals surface area contributed by atoms with Gasteiger partial charge in [-0.15, -0.1) is 12.4 Å². The summed E-state index contributed by atoms with van der Waals surface area (Å²) in [4.78, 5) is 17.1. The predicted octanol–water partition coefficient (Wildman–Crippen LogP) is 3.47. The van der Waals surface area contributed by atoms with E-state index in [9.17, 15) is 4.79 Å². The van der Waals surface area contributed by atoms with Crippen LogP contribution in [0.15, 0.2) is 40.9 Å². The Labute approximate surface area is 166 Å². The van der Waals surface area contributed by atoms with Crippen LogP contribution >= 0.6 is 12.4 Å². The molecule has 27 heavy (non-hydrogen) atoms. The van der Waals surface area contributed by atoms with Gasteiger partial charge in [0.2, 0.25) is 11.8 Å². The summed E-state index contributed by atoms with van der Waals surface area (Å²) in [5.74, 6) is 0.925. The number of benzene rings is 1. The van der Waals surface area contributed by atoms with Gasteiger partial charge >= 0.3 is 0 Å². The average Bonchev–Trinajstić information content (AvgIpc) is 3.12. The topological polar surface area (TPSA) is 90.4 Å². The highest BCUT2D eigenvalue weighted by molar-refractivity contribution is 5.89. The fourth-order valence-electron chi connectivity index (χ4n) is 3.43. The molecule has 0 spiro atoms. The molecule has 0 bridgehead atoms. The summed E-state index contributed by atoms with van der Waals surface area (Å²) in [6.07, 6.45) is 2.17. The van der Waals surface area contributed by atoms with Gasteiger partial charge in [-0.05, 0) is 13.8 Å². The van der Waals surface area contributed by atoms with Crippen LogP contribution in [-0.2, 0) is 9.53 Å². The minimum Gasteiger partial charge on any atom is -0.438 e. The molecular formula is C20H28ClN3O3. The van der Waals surface area contributed by atoms with Gasteiger partial charge in [0.25, 0.3) is 0 Å². The lowest BCUT2D eigenvalue weighted by Gasteiger charge is -2.57. The van der Waals surface area contributed by atoms with E-state index in [4.69, 9.17) is 14.9 Å². The summed E-state index contributed by atoms with van der Waals surface area (Å²) in [6.45, 7) is 8.34. The van der Waals surface area contributed by atoms with Crippen molar-refractivity contribution in [2.45, 2.75) is 51.8 Å². The molecule has 0 radical (unpaired) electrons. The van der Waals surface area contributed by atoms with Crippen molar-refractivity contribution in [2.75, 3.05) is 6.61 Å². The number of nitrogens with one attached hydrogen (secondary N) is 1. The SMILES string of the molecule is CCOC1CC(N)(C(=O)NC(C)c2ncc(-c3ccccc3)o2)C1(C)C.Cl. The first-order chi connectivity index (χ1) is 12.3. The van der Waals surface area contributed by atoms with Gasteiger partial charge in [0.15, 0.2) is 5.76 Å². The van der Waals surface area contributed by atoms with Gasteiger partial charge in [0.05, 0.1) is 12.3 Å². The smallest absolute Gasteiger partial charge is 0.241 e. The average molecular weight is 394 g/mol. The Morgan fingerprint density at radius 3 is 2.67 bits per heavy atom. The Hall–Kier alpha value is -1.89. The zero-order chi connectivity index (χ0) is 18.9. The third kappa shape index (κ3) is 3.74. The van der Waals surface area contributed by atoms with Crippen molar-refractivity contribution in [1.82, 2.24) is 10.3 Å². The largest absolute Gasteiger partial charge is 0.438 e. The minimum absolute atomic E-state index is 0. The van der Waals surface area contributed by atoms with Gasteiger partial charge < -0.3 is 20.2 Å². The lowest BCUT2D eigenvalue weighted by Crippen LogP contribution is -2.75. The molecule has 148 valence electrons. The molecule has 0 aliphatic heterocycles. The van der Waals surface area contributed by atoms with Gasteiger partial charge in [-0.3, -0.25) is 4.79 Å². The number of hydrogen-bond donors (Lipinski definition) is 2. The van der Waals surface area contributed by atoms with Crippen LogP contribution < -0.4 is 11.1 Å². The number of hydrogen-bond acceptors (Lipinski definition) is 5. The summed E-state index contributed by atoms with van der Waals surface area (Å²) in [6, 6.07) is 9.35. The Morgan fingerprint density at radius 1 is 1.41 bits per heavy atom. The number of amides is 1. The monoisotopic (exact) mass is 393 g/mol. The quantitative estimate of drug-likeness (QED) is 0.784. The van der Waals surface area contributed by atoms with E-state index in [1.165, 1.54) is 0 Å². The Morgan fingerprint density at radius 2 is 2.07 bits per heavy atom. The second-order valence-electron chi connectivity index (χ2n) is 7.47. The number of oxazole rings is 1. The first kappa shape index (κ1) is 21.4. The van der Waals surface area contributed by atoms with Crippen LogP contribution in [0.25, 0.3) is 11.3 Å². The third-order valence-electron chi connectivity index (χ3n) is 5.54. The molecule has 1 aromatic carbocycles. The Kier molecular flexibility index (Phi) is 6.35. The molecule has 1 fully saturated rings. The van der Waals surface area contributed by atoms with Crippen molar-refractivity contribution >= 4 is 18.3 Å². The van der Waals surface area contributed by atoms with E-state index >= 15 is 0 Å². The molecule has 7 heteroatoms. The van der Waals surface area contributed by atoms with Crippen molar-refractivity contribution in [2.24, 2.45) is 11.1 Å². The fraction of sp³-hybridized carbons (Fsp3) is 0.500. The molecule has 1 aromatic heterocycles. The molecule has 2 aromatic rings. The van der Waals surface area contributed by atoms with Crippen LogP contribution in [0, 0.1) is 5.41 Å². The summed E-state index contributed by atoms with van der Waals surface area (Å²) in [5.41, 5.74) is 5.97. The highest BCUT2D eigenvalue weighted by Crippen LogP contribution is 2.50. The number of ether oxygens (including phenoxy) is 1. The fourth-order valence-corrected chi connectivity index (χ4v) is 3.43. The molecule has 1 saturated carbocycles. The van der Waals surface area contributed by atoms with Crippen LogP contribution in [0.3, 0.4) is 0 Å². The summed E-state index contributed by atoms with van der Waals surface area (Å²) >= 11 is 0. The molecule has 1 aliphatic carbocycles. The van der Waals surface area contributed by atoms with Gasteiger partial charge in [-0.2, -0.15) is 0 Å². The summed E-state index contributed by atoms with van der Waals surface area (Å²) in [5, 5.41) is 2.95. The van der Waals surface area contributed by atoms with E-state index in [2.05, 4.69) is 10.3 Å². The first-order valence-corrected chi connectivity index (χ1v) is 9.02. The lowest BCUT2D eigenvalue weighted by molar-refractivity contribution is -0.171. The highest BCUT2D eigenvalue weighted by Gasteiger charge is 2.63. The molecule has 0 saturated heterocycles. The number of nitrogens with two attached hydrogens (primary N) is 1. The third-order valence-corrected chi connectivity index (χ3v) is 5.54. The zero-order valence-electron chi connectivity index (χ0n) is 16.2. The number of rotatable bonds is 6. The molecule has 1 heterocycles. The maximum atomic E-state index is 12.8. The van der Waals surface area contributed by atoms with Crippen LogP contribution in [-0.4, -0.2) is 29.1 Å². The van der Waals surface area contributed by atoms with E-state index in [-0.39, 0.29) is 30.5 Å². The normalized spacial score (nSPS) is 24.4. The Balaban J connectivity index is 0.00000261. The van der Waals surface area contributed by atoms with Crippen molar-refractivity contribution in [3.63, 3.8) is 0 Å². The minimum atomic E-state index is -0.962. The van der Waals surface area contributed by atoms with Gasteiger partial charge in [-0.25, -0.2) is 4.98 Å². The van der Waals surface area contributed by atoms with Gasteiger partial charge in [0, 0.05) is 24.0 Å². The molecule has 1 aliphatic rings. The maximum absolute atomic E-state index is 12.8. The van der Waals surface area contributed by atoms with Crippen LogP contribution in [0.1, 0.15) is 46.0 Å². The van der Waals surface area contributed by atoms with Crippen molar-refractivity contribution in [3.8, 4) is 11.3 Å². The second kappa shape index (κ2) is 8.00. The summed E-state index contributed by atoms with van der Waals surface area (Å²) < 4.78 is 11.5. The molecule has 3 unspecified atom stereocenters. The van der Waals surface area contributed by atoms with Crippen LogP contribution in [0.2, 0.25) is 0 Å². The van der Waals surface area contributed by atoms with Gasteiger partial charge in [0.1, 0.15) is 11.6 Å². The van der Waals surface area contributed by atoms with Crippen molar-refractivity contribution in [3.05, 3.63) is 42.4 Å². The maximum Gasteiger partial charge on any atom is 0.241 e. The first-order valence-electron chi connectivity index (χ1n) is 9.02. The molecule has 1 amide bonds. The molecular weight excluding hydrogens is 366 g/mol. The molecule has 3 rings (SSSR count). The molecule has 6 nitrogen and oxygen atoms in total. The van der Waals surface area contributed by atoms with Gasteiger partial charge in [-0.1, -0.05) is 44.2 Å². The van der Waals surface area contributed by atoms with E-state index in [1.54, 1.807) is 6.20 Å². The molecule has 3 atom stereocenters. The van der Waals surface area contributed by atoms with E-state index in [1.807, 2.05) is 58.0 Å². The van der Waals surface area contributed by atoms with Crippen molar-refractivity contribution < 1.29 is 13.9 Å². The highest BCUT2D eigenvalue weighted by atomic mass is 35.5. The van der Waals surface area contributed by atoms with E-state index in [0.29, 0.717) is 24.7 Å². The predicted molar refractivity (Wildman–Crippen MR) is 106 cm³/mol. The van der Waals surface area contributed by atoms with E-state index in [0.717, 1.165) is 5.56 Å². The number of aromatic nitrogens is 1. The Bertz CT molecular complexity index is 778. The standard InChI is InChI=1S/C20H27N3O3.ClH/c1-5-25-16-11-20(21,19(16,3)4)18(24)23-13(2)17-22-12-15(26-17)14-9-7-6-8-10-14;/h6-10,12-13,16H,5,11,21H2,1-4H3,(H,23,24);1H. The second-order valence-corrected chi connectivity index (χ2v) is 7.47. The van der Waals surface area contributed by atoms with Crippen LogP contribution in [0.5, 0.6) is 0 Å². The van der Waals surface area contributed by atoms with E-state index < -0.39 is 11.0 Å². The zero-order valence-corrected chi connectivity index (χ0v) is 17.0. The molecule has 3 N–H and O–H groups in total. The number of carbonyl (C=O) groups excluding carboxylic acids is 1. The van der Waals surface area contributed by atoms with Crippen LogP contribution in [0.4, 0.5) is 0 Å². The lowest BCUT2D eigenvalue weighted by atomic mass is 9.54. The number of carbonyl (C=O) groups is 1.